The van der Waals surface area contributed by atoms with Gasteiger partial charge in [-0.2, -0.15) is 5.26 Å². The molecule has 6 nitrogen and oxygen atoms in total. The topological polar surface area (TPSA) is 84.5 Å². The van der Waals surface area contributed by atoms with E-state index in [1.54, 1.807) is 36.4 Å². The number of benzene rings is 2. The van der Waals surface area contributed by atoms with E-state index in [4.69, 9.17) is 13.9 Å². The summed E-state index contributed by atoms with van der Waals surface area (Å²) >= 11 is 0. The molecule has 3 rings (SSSR count). The van der Waals surface area contributed by atoms with Crippen LogP contribution in [0.4, 0.5) is 0 Å². The zero-order chi connectivity index (χ0) is 22.1. The van der Waals surface area contributed by atoms with Crippen LogP contribution in [0.25, 0.3) is 6.08 Å². The van der Waals surface area contributed by atoms with Crippen LogP contribution in [0.2, 0.25) is 0 Å². The Morgan fingerprint density at radius 1 is 1.03 bits per heavy atom. The third kappa shape index (κ3) is 6.79. The van der Waals surface area contributed by atoms with Crippen LogP contribution in [0.15, 0.2) is 70.9 Å². The smallest absolute Gasteiger partial charge is 0.262 e. The van der Waals surface area contributed by atoms with Crippen LogP contribution in [0, 0.1) is 25.2 Å². The molecule has 1 aromatic heterocycles. The zero-order valence-corrected chi connectivity index (χ0v) is 17.6. The molecule has 0 saturated carbocycles. The Bertz CT molecular complexity index is 1060. The van der Waals surface area contributed by atoms with E-state index in [0.29, 0.717) is 24.7 Å². The van der Waals surface area contributed by atoms with Crippen molar-refractivity contribution in [3.8, 4) is 17.6 Å². The number of hydrogen-bond acceptors (Lipinski definition) is 5. The largest absolute Gasteiger partial charge is 0.490 e. The molecule has 0 bridgehead atoms. The molecule has 0 saturated heterocycles. The van der Waals surface area contributed by atoms with E-state index < -0.39 is 5.91 Å². The third-order valence-corrected chi connectivity index (χ3v) is 4.38. The average Bonchev–Trinajstić information content (AvgIpc) is 3.27. The van der Waals surface area contributed by atoms with E-state index in [2.05, 4.69) is 11.4 Å². The summed E-state index contributed by atoms with van der Waals surface area (Å²) in [5.74, 6) is 1.68. The van der Waals surface area contributed by atoms with E-state index in [1.807, 2.05) is 32.0 Å². The molecule has 0 aliphatic carbocycles. The van der Waals surface area contributed by atoms with Crippen LogP contribution in [-0.4, -0.2) is 19.1 Å². The summed E-state index contributed by atoms with van der Waals surface area (Å²) in [4.78, 5) is 12.2. The summed E-state index contributed by atoms with van der Waals surface area (Å²) < 4.78 is 16.6. The van der Waals surface area contributed by atoms with Crippen molar-refractivity contribution in [3.63, 3.8) is 0 Å². The van der Waals surface area contributed by atoms with Gasteiger partial charge in [0.2, 0.25) is 0 Å². The van der Waals surface area contributed by atoms with Crippen LogP contribution >= 0.6 is 0 Å². The molecule has 0 aliphatic rings. The quantitative estimate of drug-likeness (QED) is 0.314. The van der Waals surface area contributed by atoms with Crippen LogP contribution in [0.1, 0.15) is 22.5 Å². The highest BCUT2D eigenvalue weighted by Crippen LogP contribution is 2.17. The Labute approximate surface area is 181 Å². The van der Waals surface area contributed by atoms with Crippen molar-refractivity contribution in [1.82, 2.24) is 5.32 Å². The fourth-order valence-corrected chi connectivity index (χ4v) is 2.99. The van der Waals surface area contributed by atoms with Crippen molar-refractivity contribution in [1.29, 1.82) is 5.26 Å². The lowest BCUT2D eigenvalue weighted by Crippen LogP contribution is -2.23. The van der Waals surface area contributed by atoms with Crippen molar-refractivity contribution in [2.45, 2.75) is 20.4 Å². The van der Waals surface area contributed by atoms with Crippen molar-refractivity contribution in [2.75, 3.05) is 13.2 Å². The summed E-state index contributed by atoms with van der Waals surface area (Å²) in [5.41, 5.74) is 3.06. The lowest BCUT2D eigenvalue weighted by Gasteiger charge is -2.10. The summed E-state index contributed by atoms with van der Waals surface area (Å²) in [6.07, 6.45) is 3.06. The molecule has 1 N–H and O–H groups in total. The van der Waals surface area contributed by atoms with E-state index in [0.717, 1.165) is 22.4 Å². The molecule has 6 heteroatoms. The summed E-state index contributed by atoms with van der Waals surface area (Å²) in [6.45, 7) is 5.13. The highest BCUT2D eigenvalue weighted by atomic mass is 16.5. The second kappa shape index (κ2) is 10.7. The molecule has 3 aromatic rings. The molecule has 31 heavy (non-hydrogen) atoms. The van der Waals surface area contributed by atoms with Gasteiger partial charge in [-0.3, -0.25) is 4.79 Å². The summed E-state index contributed by atoms with van der Waals surface area (Å²) in [7, 11) is 0. The Hall–Kier alpha value is -3.98. The van der Waals surface area contributed by atoms with Gasteiger partial charge >= 0.3 is 0 Å². The predicted molar refractivity (Wildman–Crippen MR) is 117 cm³/mol. The first kappa shape index (κ1) is 21.7. The summed E-state index contributed by atoms with van der Waals surface area (Å²) in [6, 6.07) is 18.7. The molecule has 0 radical (unpaired) electrons. The minimum atomic E-state index is -0.456. The lowest BCUT2D eigenvalue weighted by molar-refractivity contribution is -0.117. The number of nitrogens with one attached hydrogen (secondary N) is 1. The van der Waals surface area contributed by atoms with Gasteiger partial charge in [-0.15, -0.1) is 0 Å². The number of aryl methyl sites for hydroxylation is 2. The van der Waals surface area contributed by atoms with Gasteiger partial charge in [0.15, 0.2) is 0 Å². The number of rotatable bonds is 9. The maximum Gasteiger partial charge on any atom is 0.262 e. The van der Waals surface area contributed by atoms with Crippen molar-refractivity contribution >= 4 is 12.0 Å². The van der Waals surface area contributed by atoms with Gasteiger partial charge in [0, 0.05) is 0 Å². The summed E-state index contributed by atoms with van der Waals surface area (Å²) in [5, 5.41) is 12.0. The number of nitriles is 1. The van der Waals surface area contributed by atoms with Gasteiger partial charge < -0.3 is 19.2 Å². The van der Waals surface area contributed by atoms with Gasteiger partial charge in [-0.1, -0.05) is 18.2 Å². The number of hydrogen-bond donors (Lipinski definition) is 1. The van der Waals surface area contributed by atoms with Crippen molar-refractivity contribution in [2.24, 2.45) is 0 Å². The number of furan rings is 1. The number of amides is 1. The Morgan fingerprint density at radius 2 is 1.71 bits per heavy atom. The molecule has 0 aliphatic heterocycles. The third-order valence-electron chi connectivity index (χ3n) is 4.38. The second-order valence-corrected chi connectivity index (χ2v) is 7.02. The average molecular weight is 416 g/mol. The fraction of sp³-hybridized carbons (Fsp3) is 0.200. The van der Waals surface area contributed by atoms with Crippen LogP contribution in [-0.2, 0) is 11.3 Å². The number of nitrogens with zero attached hydrogens (tertiary/aromatic N) is 1. The van der Waals surface area contributed by atoms with Gasteiger partial charge in [-0.05, 0) is 73.0 Å². The Balaban J connectivity index is 1.49. The SMILES string of the molecule is Cc1cc(C)cc(OCCOc2ccc(C=C(C#N)C(=O)NCc3ccco3)cc2)c1. The first-order valence-electron chi connectivity index (χ1n) is 9.90. The molecule has 0 spiro atoms. The molecule has 1 heterocycles. The van der Waals surface area contributed by atoms with Gasteiger partial charge in [0.1, 0.15) is 42.1 Å². The first-order valence-corrected chi connectivity index (χ1v) is 9.90. The molecular formula is C25H24N2O4. The van der Waals surface area contributed by atoms with E-state index >= 15 is 0 Å². The molecule has 0 fully saturated rings. The standard InChI is InChI=1S/C25H24N2O4/c1-18-12-19(2)14-24(13-18)31-11-10-30-22-7-5-20(6-8-22)15-21(16-26)25(28)27-17-23-4-3-9-29-23/h3-9,12-15H,10-11,17H2,1-2H3,(H,27,28). The number of ether oxygens (including phenoxy) is 2. The Kier molecular flexibility index (Phi) is 7.50. The fourth-order valence-electron chi connectivity index (χ4n) is 2.99. The van der Waals surface area contributed by atoms with E-state index in [9.17, 15) is 10.1 Å². The van der Waals surface area contributed by atoms with Crippen molar-refractivity contribution in [3.05, 3.63) is 88.9 Å². The van der Waals surface area contributed by atoms with Gasteiger partial charge in [-0.25, -0.2) is 0 Å². The maximum atomic E-state index is 12.2. The predicted octanol–water partition coefficient (Wildman–Crippen LogP) is 4.58. The van der Waals surface area contributed by atoms with Crippen LogP contribution in [0.3, 0.4) is 0 Å². The lowest BCUT2D eigenvalue weighted by atomic mass is 10.1. The highest BCUT2D eigenvalue weighted by molar-refractivity contribution is 6.01. The Morgan fingerprint density at radius 3 is 2.32 bits per heavy atom. The number of carbonyl (C=O) groups excluding carboxylic acids is 1. The number of carbonyl (C=O) groups is 1. The van der Waals surface area contributed by atoms with E-state index in [1.165, 1.54) is 12.3 Å². The van der Waals surface area contributed by atoms with Gasteiger partial charge in [0.05, 0.1) is 12.8 Å². The zero-order valence-electron chi connectivity index (χ0n) is 17.6. The second-order valence-electron chi connectivity index (χ2n) is 7.02. The maximum absolute atomic E-state index is 12.2. The first-order chi connectivity index (χ1) is 15.0. The minimum absolute atomic E-state index is 0.0158. The normalized spacial score (nSPS) is 10.9. The van der Waals surface area contributed by atoms with Crippen molar-refractivity contribution < 1.29 is 18.7 Å². The van der Waals surface area contributed by atoms with Crippen LogP contribution in [0.5, 0.6) is 11.5 Å². The molecule has 1 amide bonds. The van der Waals surface area contributed by atoms with Crippen LogP contribution < -0.4 is 14.8 Å². The molecule has 0 atom stereocenters. The highest BCUT2D eigenvalue weighted by Gasteiger charge is 2.09. The molecule has 158 valence electrons. The molecule has 2 aromatic carbocycles. The van der Waals surface area contributed by atoms with E-state index in [-0.39, 0.29) is 12.1 Å². The molecule has 0 unspecified atom stereocenters. The minimum Gasteiger partial charge on any atom is -0.490 e. The van der Waals surface area contributed by atoms with Gasteiger partial charge in [0.25, 0.3) is 5.91 Å². The molecular weight excluding hydrogens is 392 g/mol. The monoisotopic (exact) mass is 416 g/mol.